The molecule has 0 aliphatic rings. The van der Waals surface area contributed by atoms with Gasteiger partial charge in [-0.1, -0.05) is 0 Å². The Hall–Kier alpha value is -1.78. The molecule has 0 N–H and O–H groups in total. The van der Waals surface area contributed by atoms with E-state index in [9.17, 15) is 9.59 Å². The van der Waals surface area contributed by atoms with Gasteiger partial charge in [0.25, 0.3) is 0 Å². The molecule has 0 unspecified atom stereocenters. The molecule has 5 nitrogen and oxygen atoms in total. The minimum absolute atomic E-state index is 0.0139. The van der Waals surface area contributed by atoms with Crippen LogP contribution in [0.4, 0.5) is 0 Å². The van der Waals surface area contributed by atoms with E-state index in [-0.39, 0.29) is 19.0 Å². The number of hydrogen-bond acceptors (Lipinski definition) is 5. The summed E-state index contributed by atoms with van der Waals surface area (Å²) in [4.78, 5) is 21.9. The van der Waals surface area contributed by atoms with Crippen molar-refractivity contribution in [1.82, 2.24) is 0 Å². The van der Waals surface area contributed by atoms with Crippen molar-refractivity contribution >= 4 is 11.9 Å². The predicted molar refractivity (Wildman–Crippen MR) is 50.1 cm³/mol. The molecule has 0 aromatic carbocycles. The number of hydrogen-bond donors (Lipinski definition) is 0. The van der Waals surface area contributed by atoms with E-state index in [2.05, 4.69) is 0 Å². The Kier molecular flexibility index (Phi) is 3.91. The van der Waals surface area contributed by atoms with E-state index in [1.54, 1.807) is 13.0 Å². The molecule has 0 saturated heterocycles. The summed E-state index contributed by atoms with van der Waals surface area (Å²) >= 11 is 0. The van der Waals surface area contributed by atoms with Crippen molar-refractivity contribution in [3.63, 3.8) is 0 Å². The minimum Gasteiger partial charge on any atom is -0.461 e. The van der Waals surface area contributed by atoms with Gasteiger partial charge >= 0.3 is 11.9 Å². The Morgan fingerprint density at radius 3 is 2.73 bits per heavy atom. The molecule has 0 amide bonds. The molecule has 15 heavy (non-hydrogen) atoms. The Labute approximate surface area is 87.0 Å². The predicted octanol–water partition coefficient (Wildman–Crippen LogP) is 1.52. The number of esters is 2. The summed E-state index contributed by atoms with van der Waals surface area (Å²) in [6.07, 6.45) is 1.35. The zero-order valence-electron chi connectivity index (χ0n) is 8.61. The number of rotatable bonds is 4. The molecular formula is C10H12O5. The fraction of sp³-hybridized carbons (Fsp3) is 0.400. The Morgan fingerprint density at radius 1 is 1.40 bits per heavy atom. The highest BCUT2D eigenvalue weighted by Gasteiger charge is 2.16. The maximum atomic E-state index is 11.3. The smallest absolute Gasteiger partial charge is 0.374 e. The van der Waals surface area contributed by atoms with E-state index in [1.165, 1.54) is 13.2 Å². The average Bonchev–Trinajstić information content (AvgIpc) is 2.62. The molecular weight excluding hydrogens is 200 g/mol. The molecule has 1 aromatic rings. The van der Waals surface area contributed by atoms with Crippen molar-refractivity contribution in [2.45, 2.75) is 20.5 Å². The molecule has 82 valence electrons. The third kappa shape index (κ3) is 3.12. The zero-order valence-corrected chi connectivity index (χ0v) is 8.61. The van der Waals surface area contributed by atoms with Crippen molar-refractivity contribution in [3.05, 3.63) is 23.7 Å². The van der Waals surface area contributed by atoms with Crippen LogP contribution in [-0.4, -0.2) is 18.5 Å². The standard InChI is InChI=1S/C10H12O5/c1-3-13-10(12)9-8(4-5-14-9)6-15-7(2)11/h4-5H,3,6H2,1-2H3. The third-order valence-corrected chi connectivity index (χ3v) is 1.64. The number of furan rings is 1. The molecule has 0 atom stereocenters. The summed E-state index contributed by atoms with van der Waals surface area (Å²) in [5, 5.41) is 0. The SMILES string of the molecule is CCOC(=O)c1occc1COC(C)=O. The molecule has 0 bridgehead atoms. The van der Waals surface area contributed by atoms with Crippen molar-refractivity contribution in [2.75, 3.05) is 6.61 Å². The van der Waals surface area contributed by atoms with Crippen LogP contribution in [0.2, 0.25) is 0 Å². The van der Waals surface area contributed by atoms with E-state index in [0.717, 1.165) is 0 Å². The first-order valence-electron chi connectivity index (χ1n) is 4.52. The van der Waals surface area contributed by atoms with Crippen LogP contribution in [0.15, 0.2) is 16.7 Å². The van der Waals surface area contributed by atoms with Crippen molar-refractivity contribution < 1.29 is 23.5 Å². The summed E-state index contributed by atoms with van der Waals surface area (Å²) < 4.78 is 14.5. The second-order valence-electron chi connectivity index (χ2n) is 2.78. The van der Waals surface area contributed by atoms with Gasteiger partial charge in [0.05, 0.1) is 12.9 Å². The number of carbonyl (C=O) groups is 2. The fourth-order valence-electron chi connectivity index (χ4n) is 1.00. The maximum absolute atomic E-state index is 11.3. The highest BCUT2D eigenvalue weighted by molar-refractivity contribution is 5.87. The molecule has 1 rings (SSSR count). The lowest BCUT2D eigenvalue weighted by atomic mass is 10.2. The monoisotopic (exact) mass is 212 g/mol. The largest absolute Gasteiger partial charge is 0.461 e. The summed E-state index contributed by atoms with van der Waals surface area (Å²) in [6.45, 7) is 3.28. The van der Waals surface area contributed by atoms with Crippen LogP contribution in [0.25, 0.3) is 0 Å². The van der Waals surface area contributed by atoms with Crippen LogP contribution in [0, 0.1) is 0 Å². The van der Waals surface area contributed by atoms with Gasteiger partial charge in [0.1, 0.15) is 6.61 Å². The van der Waals surface area contributed by atoms with Gasteiger partial charge in [0, 0.05) is 12.5 Å². The van der Waals surface area contributed by atoms with Crippen LogP contribution in [-0.2, 0) is 20.9 Å². The molecule has 5 heteroatoms. The second kappa shape index (κ2) is 5.19. The van der Waals surface area contributed by atoms with Crippen LogP contribution in [0.1, 0.15) is 30.0 Å². The molecule has 0 fully saturated rings. The van der Waals surface area contributed by atoms with E-state index < -0.39 is 11.9 Å². The zero-order chi connectivity index (χ0) is 11.3. The molecule has 0 radical (unpaired) electrons. The fourth-order valence-corrected chi connectivity index (χ4v) is 1.00. The Morgan fingerprint density at radius 2 is 2.13 bits per heavy atom. The van der Waals surface area contributed by atoms with Gasteiger partial charge in [-0.05, 0) is 13.0 Å². The average molecular weight is 212 g/mol. The quantitative estimate of drug-likeness (QED) is 0.708. The first-order valence-corrected chi connectivity index (χ1v) is 4.52. The van der Waals surface area contributed by atoms with Gasteiger partial charge in [-0.15, -0.1) is 0 Å². The first kappa shape index (κ1) is 11.3. The number of carbonyl (C=O) groups excluding carboxylic acids is 2. The van der Waals surface area contributed by atoms with Gasteiger partial charge in [0.2, 0.25) is 5.76 Å². The van der Waals surface area contributed by atoms with Crippen molar-refractivity contribution in [3.8, 4) is 0 Å². The molecule has 0 spiro atoms. The van der Waals surface area contributed by atoms with E-state index in [1.807, 2.05) is 0 Å². The van der Waals surface area contributed by atoms with Gasteiger partial charge < -0.3 is 13.9 Å². The van der Waals surface area contributed by atoms with E-state index in [0.29, 0.717) is 5.56 Å². The normalized spacial score (nSPS) is 9.73. The molecule has 1 heterocycles. The van der Waals surface area contributed by atoms with Crippen LogP contribution >= 0.6 is 0 Å². The molecule has 0 aliphatic carbocycles. The molecule has 0 saturated carbocycles. The Bertz CT molecular complexity index is 352. The Balaban J connectivity index is 2.68. The second-order valence-corrected chi connectivity index (χ2v) is 2.78. The van der Waals surface area contributed by atoms with Crippen LogP contribution < -0.4 is 0 Å². The van der Waals surface area contributed by atoms with Gasteiger partial charge in [-0.25, -0.2) is 4.79 Å². The molecule has 0 aliphatic heterocycles. The van der Waals surface area contributed by atoms with Gasteiger partial charge in [0.15, 0.2) is 0 Å². The van der Waals surface area contributed by atoms with Crippen molar-refractivity contribution in [1.29, 1.82) is 0 Å². The highest BCUT2D eigenvalue weighted by atomic mass is 16.5. The summed E-state index contributed by atoms with van der Waals surface area (Å²) in [7, 11) is 0. The minimum atomic E-state index is -0.551. The van der Waals surface area contributed by atoms with Gasteiger partial charge in [-0.2, -0.15) is 0 Å². The van der Waals surface area contributed by atoms with E-state index in [4.69, 9.17) is 13.9 Å². The highest BCUT2D eigenvalue weighted by Crippen LogP contribution is 2.13. The van der Waals surface area contributed by atoms with Crippen LogP contribution in [0.3, 0.4) is 0 Å². The summed E-state index contributed by atoms with van der Waals surface area (Å²) in [5.41, 5.74) is 0.503. The lowest BCUT2D eigenvalue weighted by Crippen LogP contribution is -2.07. The lowest BCUT2D eigenvalue weighted by Gasteiger charge is -2.02. The molecule has 1 aromatic heterocycles. The lowest BCUT2D eigenvalue weighted by molar-refractivity contribution is -0.142. The summed E-state index contributed by atoms with van der Waals surface area (Å²) in [6, 6.07) is 1.56. The third-order valence-electron chi connectivity index (χ3n) is 1.64. The van der Waals surface area contributed by atoms with Gasteiger partial charge in [-0.3, -0.25) is 4.79 Å². The first-order chi connectivity index (χ1) is 7.15. The topological polar surface area (TPSA) is 65.7 Å². The maximum Gasteiger partial charge on any atom is 0.374 e. The number of ether oxygens (including phenoxy) is 2. The van der Waals surface area contributed by atoms with E-state index >= 15 is 0 Å². The summed E-state index contributed by atoms with van der Waals surface area (Å²) in [5.74, 6) is -0.881. The van der Waals surface area contributed by atoms with Crippen LogP contribution in [0.5, 0.6) is 0 Å². The van der Waals surface area contributed by atoms with Crippen molar-refractivity contribution in [2.24, 2.45) is 0 Å².